The van der Waals surface area contributed by atoms with Gasteiger partial charge in [0, 0.05) is 5.56 Å². The first kappa shape index (κ1) is 19.0. The van der Waals surface area contributed by atoms with Gasteiger partial charge in [-0.15, -0.1) is 0 Å². The highest BCUT2D eigenvalue weighted by molar-refractivity contribution is 6.12. The van der Waals surface area contributed by atoms with Crippen molar-refractivity contribution in [3.8, 4) is 23.0 Å². The molecular formula is C19H20O7. The molecule has 0 aliphatic carbocycles. The lowest BCUT2D eigenvalue weighted by Gasteiger charge is -2.15. The highest BCUT2D eigenvalue weighted by Gasteiger charge is 2.25. The third-order valence-electron chi connectivity index (χ3n) is 3.75. The third kappa shape index (κ3) is 3.51. The summed E-state index contributed by atoms with van der Waals surface area (Å²) < 4.78 is 20.7. The van der Waals surface area contributed by atoms with Crippen molar-refractivity contribution >= 4 is 11.5 Å². The molecule has 2 aromatic rings. The van der Waals surface area contributed by atoms with Gasteiger partial charge in [-0.1, -0.05) is 0 Å². The summed E-state index contributed by atoms with van der Waals surface area (Å²) in [5, 5.41) is 20.5. The summed E-state index contributed by atoms with van der Waals surface area (Å²) in [6.45, 7) is 0. The Morgan fingerprint density at radius 1 is 0.769 bits per heavy atom. The standard InChI is InChI=1S/C19H20O7/c1-23-12-7-5-11(6-8-12)15(20)17(22)16(21)13-9-10-14(24-2)19(26-4)18(13)25-3/h5-10,20,22H,1-4H3. The molecule has 2 rings (SSSR count). The van der Waals surface area contributed by atoms with E-state index in [0.717, 1.165) is 0 Å². The molecule has 0 bridgehead atoms. The first-order valence-corrected chi connectivity index (χ1v) is 7.58. The molecule has 7 nitrogen and oxygen atoms in total. The summed E-state index contributed by atoms with van der Waals surface area (Å²) in [6.07, 6.45) is 0. The largest absolute Gasteiger partial charge is 0.504 e. The zero-order chi connectivity index (χ0) is 19.3. The molecule has 0 radical (unpaired) electrons. The molecule has 0 heterocycles. The monoisotopic (exact) mass is 360 g/mol. The molecule has 0 aromatic heterocycles. The lowest BCUT2D eigenvalue weighted by atomic mass is 10.0. The number of hydrogen-bond donors (Lipinski definition) is 2. The van der Waals surface area contributed by atoms with E-state index in [2.05, 4.69) is 0 Å². The number of ether oxygens (including phenoxy) is 4. The van der Waals surface area contributed by atoms with Crippen molar-refractivity contribution in [3.63, 3.8) is 0 Å². The van der Waals surface area contributed by atoms with Crippen LogP contribution in [0.25, 0.3) is 5.76 Å². The summed E-state index contributed by atoms with van der Waals surface area (Å²) in [7, 11) is 5.72. The van der Waals surface area contributed by atoms with Gasteiger partial charge in [0.25, 0.3) is 0 Å². The Labute approximate surface area is 151 Å². The second kappa shape index (κ2) is 8.15. The van der Waals surface area contributed by atoms with Gasteiger partial charge in [-0.05, 0) is 36.4 Å². The van der Waals surface area contributed by atoms with Gasteiger partial charge in [-0.3, -0.25) is 4.79 Å². The minimum absolute atomic E-state index is 0.0164. The molecule has 0 fully saturated rings. The van der Waals surface area contributed by atoms with Gasteiger partial charge >= 0.3 is 0 Å². The van der Waals surface area contributed by atoms with Crippen LogP contribution in [0.1, 0.15) is 15.9 Å². The Balaban J connectivity index is 2.49. The van der Waals surface area contributed by atoms with Crippen LogP contribution in [0, 0.1) is 0 Å². The van der Waals surface area contributed by atoms with E-state index in [1.54, 1.807) is 12.1 Å². The van der Waals surface area contributed by atoms with Crippen LogP contribution in [-0.4, -0.2) is 44.4 Å². The maximum Gasteiger partial charge on any atom is 0.235 e. The molecule has 0 aliphatic rings. The predicted octanol–water partition coefficient (Wildman–Crippen LogP) is 3.39. The van der Waals surface area contributed by atoms with Crippen molar-refractivity contribution in [2.45, 2.75) is 0 Å². The third-order valence-corrected chi connectivity index (χ3v) is 3.75. The molecule has 0 amide bonds. The molecule has 0 unspecified atom stereocenters. The number of methoxy groups -OCH3 is 4. The van der Waals surface area contributed by atoms with Gasteiger partial charge in [0.15, 0.2) is 17.3 Å². The Morgan fingerprint density at radius 3 is 1.88 bits per heavy atom. The molecule has 2 N–H and O–H groups in total. The molecule has 0 saturated carbocycles. The molecule has 0 aliphatic heterocycles. The van der Waals surface area contributed by atoms with E-state index < -0.39 is 17.3 Å². The maximum atomic E-state index is 12.7. The number of hydrogen-bond acceptors (Lipinski definition) is 7. The molecule has 2 aromatic carbocycles. The van der Waals surface area contributed by atoms with Gasteiger partial charge in [-0.2, -0.15) is 0 Å². The van der Waals surface area contributed by atoms with Gasteiger partial charge < -0.3 is 29.2 Å². The van der Waals surface area contributed by atoms with E-state index in [-0.39, 0.29) is 22.6 Å². The number of allylic oxidation sites excluding steroid dienone is 1. The number of Topliss-reactive ketones (excluding diaryl/α,β-unsaturated/α-hetero) is 1. The predicted molar refractivity (Wildman–Crippen MR) is 95.6 cm³/mol. The zero-order valence-electron chi connectivity index (χ0n) is 14.9. The number of rotatable bonds is 7. The minimum Gasteiger partial charge on any atom is -0.504 e. The summed E-state index contributed by atoms with van der Waals surface area (Å²) in [5.74, 6) is -0.965. The quantitative estimate of drug-likeness (QED) is 0.444. The lowest BCUT2D eigenvalue weighted by molar-refractivity contribution is 0.0971. The molecular weight excluding hydrogens is 340 g/mol. The van der Waals surface area contributed by atoms with E-state index in [1.165, 1.54) is 52.7 Å². The smallest absolute Gasteiger partial charge is 0.235 e. The highest BCUT2D eigenvalue weighted by atomic mass is 16.5. The first-order valence-electron chi connectivity index (χ1n) is 7.58. The topological polar surface area (TPSA) is 94.5 Å². The molecule has 7 heteroatoms. The highest BCUT2D eigenvalue weighted by Crippen LogP contribution is 2.40. The van der Waals surface area contributed by atoms with Crippen molar-refractivity contribution in [2.24, 2.45) is 0 Å². The normalized spacial score (nSPS) is 11.4. The number of ketones is 1. The van der Waals surface area contributed by atoms with Crippen molar-refractivity contribution in [1.29, 1.82) is 0 Å². The summed E-state index contributed by atoms with van der Waals surface area (Å²) in [5.41, 5.74) is 0.277. The average Bonchev–Trinajstić information content (AvgIpc) is 2.70. The van der Waals surface area contributed by atoms with E-state index in [1.807, 2.05) is 0 Å². The lowest BCUT2D eigenvalue weighted by Crippen LogP contribution is -2.09. The molecule has 0 saturated heterocycles. The maximum absolute atomic E-state index is 12.7. The number of aliphatic hydroxyl groups is 2. The van der Waals surface area contributed by atoms with Crippen LogP contribution in [0.2, 0.25) is 0 Å². The van der Waals surface area contributed by atoms with Crippen LogP contribution >= 0.6 is 0 Å². The van der Waals surface area contributed by atoms with E-state index in [0.29, 0.717) is 11.5 Å². The van der Waals surface area contributed by atoms with Crippen molar-refractivity contribution in [2.75, 3.05) is 28.4 Å². The number of carbonyl (C=O) groups is 1. The van der Waals surface area contributed by atoms with Crippen LogP contribution in [-0.2, 0) is 0 Å². The SMILES string of the molecule is COc1ccc(C(O)=C(O)C(=O)c2ccc(OC)c(OC)c2OC)cc1. The van der Waals surface area contributed by atoms with Crippen LogP contribution in [0.3, 0.4) is 0 Å². The van der Waals surface area contributed by atoms with Gasteiger partial charge in [0.2, 0.25) is 17.3 Å². The summed E-state index contributed by atoms with van der Waals surface area (Å²) >= 11 is 0. The Hall–Kier alpha value is -3.35. The Bertz CT molecular complexity index is 823. The van der Waals surface area contributed by atoms with Crippen molar-refractivity contribution < 1.29 is 34.0 Å². The van der Waals surface area contributed by atoms with Gasteiger partial charge in [0.1, 0.15) is 5.75 Å². The Kier molecular flexibility index (Phi) is 5.95. The van der Waals surface area contributed by atoms with Crippen molar-refractivity contribution in [1.82, 2.24) is 0 Å². The second-order valence-electron chi connectivity index (χ2n) is 5.14. The average molecular weight is 360 g/mol. The number of carbonyl (C=O) groups excluding carboxylic acids is 1. The fourth-order valence-corrected chi connectivity index (χ4v) is 2.40. The fraction of sp³-hybridized carbons (Fsp3) is 0.211. The van der Waals surface area contributed by atoms with Crippen molar-refractivity contribution in [3.05, 3.63) is 53.3 Å². The zero-order valence-corrected chi connectivity index (χ0v) is 14.9. The summed E-state index contributed by atoms with van der Waals surface area (Å²) in [6, 6.07) is 9.15. The van der Waals surface area contributed by atoms with Crippen LogP contribution < -0.4 is 18.9 Å². The number of benzene rings is 2. The van der Waals surface area contributed by atoms with Crippen LogP contribution in [0.15, 0.2) is 42.2 Å². The van der Waals surface area contributed by atoms with E-state index >= 15 is 0 Å². The van der Waals surface area contributed by atoms with Gasteiger partial charge in [0.05, 0.1) is 34.0 Å². The van der Waals surface area contributed by atoms with Gasteiger partial charge in [-0.25, -0.2) is 0 Å². The Morgan fingerprint density at radius 2 is 1.38 bits per heavy atom. The fourth-order valence-electron chi connectivity index (χ4n) is 2.40. The minimum atomic E-state index is -0.823. The number of aliphatic hydroxyl groups excluding tert-OH is 2. The van der Waals surface area contributed by atoms with E-state index in [9.17, 15) is 15.0 Å². The van der Waals surface area contributed by atoms with E-state index in [4.69, 9.17) is 18.9 Å². The first-order chi connectivity index (χ1) is 12.5. The molecule has 26 heavy (non-hydrogen) atoms. The second-order valence-corrected chi connectivity index (χ2v) is 5.14. The molecule has 0 atom stereocenters. The molecule has 0 spiro atoms. The summed E-state index contributed by atoms with van der Waals surface area (Å²) in [4.78, 5) is 12.7. The molecule has 138 valence electrons. The van der Waals surface area contributed by atoms with Crippen LogP contribution in [0.5, 0.6) is 23.0 Å². The van der Waals surface area contributed by atoms with Crippen LogP contribution in [0.4, 0.5) is 0 Å².